The third-order valence-corrected chi connectivity index (χ3v) is 3.65. The smallest absolute Gasteiger partial charge is 0.0786 e. The minimum Gasteiger partial charge on any atom is -0.256 e. The lowest BCUT2D eigenvalue weighted by Gasteiger charge is -2.09. The highest BCUT2D eigenvalue weighted by molar-refractivity contribution is 6.24. The van der Waals surface area contributed by atoms with Crippen LogP contribution in [0, 0.1) is 6.90 Å². The zero-order chi connectivity index (χ0) is 13.5. The van der Waals surface area contributed by atoms with Crippen molar-refractivity contribution in [2.24, 2.45) is 0 Å². The second-order valence-electron chi connectivity index (χ2n) is 4.83. The Labute approximate surface area is 112 Å². The van der Waals surface area contributed by atoms with E-state index >= 15 is 0 Å². The lowest BCUT2D eigenvalue weighted by molar-refractivity contribution is 1.43. The lowest BCUT2D eigenvalue weighted by Crippen LogP contribution is -1.85. The Morgan fingerprint density at radius 3 is 2.42 bits per heavy atom. The number of hydrogen-bond donors (Lipinski definition) is 0. The molecule has 0 bridgehead atoms. The van der Waals surface area contributed by atoms with Crippen molar-refractivity contribution in [3.8, 4) is 0 Å². The van der Waals surface area contributed by atoms with Gasteiger partial charge in [-0.1, -0.05) is 54.1 Å². The van der Waals surface area contributed by atoms with Crippen molar-refractivity contribution in [2.75, 3.05) is 0 Å². The normalized spacial score (nSPS) is 12.1. The summed E-state index contributed by atoms with van der Waals surface area (Å²) in [6.07, 6.45) is 1.84. The van der Waals surface area contributed by atoms with Crippen LogP contribution in [0.15, 0.2) is 60.8 Å². The average molecular weight is 244 g/mol. The van der Waals surface area contributed by atoms with Gasteiger partial charge < -0.3 is 0 Å². The molecule has 1 heterocycles. The molecule has 0 amide bonds. The maximum atomic E-state index is 7.57. The SMILES string of the molecule is [2H]Cc1ccc2c3ccccc3c3ncccc3c2c1. The molecule has 0 spiro atoms. The highest BCUT2D eigenvalue weighted by Crippen LogP contribution is 2.33. The second kappa shape index (κ2) is 3.79. The first kappa shape index (κ1) is 9.51. The molecule has 0 aliphatic heterocycles. The van der Waals surface area contributed by atoms with Crippen LogP contribution in [0.25, 0.3) is 32.4 Å². The van der Waals surface area contributed by atoms with Crippen molar-refractivity contribution in [1.82, 2.24) is 4.98 Å². The van der Waals surface area contributed by atoms with E-state index in [-0.39, 0.29) is 0 Å². The van der Waals surface area contributed by atoms with Crippen LogP contribution >= 0.6 is 0 Å². The third-order valence-electron chi connectivity index (χ3n) is 3.65. The van der Waals surface area contributed by atoms with Gasteiger partial charge in [0.2, 0.25) is 0 Å². The summed E-state index contributed by atoms with van der Waals surface area (Å²) in [7, 11) is 0. The van der Waals surface area contributed by atoms with E-state index in [4.69, 9.17) is 1.37 Å². The number of benzene rings is 3. The summed E-state index contributed by atoms with van der Waals surface area (Å²) in [6.45, 7) is 0.310. The maximum absolute atomic E-state index is 7.57. The molecule has 0 unspecified atom stereocenters. The molecule has 0 aliphatic rings. The monoisotopic (exact) mass is 244 g/mol. The number of pyridine rings is 1. The molecule has 0 radical (unpaired) electrons. The van der Waals surface area contributed by atoms with Crippen molar-refractivity contribution in [1.29, 1.82) is 0 Å². The minimum absolute atomic E-state index is 0.310. The minimum atomic E-state index is 0.310. The molecule has 0 aliphatic carbocycles. The van der Waals surface area contributed by atoms with Crippen LogP contribution in [0.4, 0.5) is 0 Å². The summed E-state index contributed by atoms with van der Waals surface area (Å²) >= 11 is 0. The van der Waals surface area contributed by atoms with Gasteiger partial charge in [-0.15, -0.1) is 0 Å². The number of aryl methyl sites for hydroxylation is 1. The molecular formula is C18H13N. The summed E-state index contributed by atoms with van der Waals surface area (Å²) in [5.74, 6) is 0. The van der Waals surface area contributed by atoms with E-state index in [1.54, 1.807) is 0 Å². The summed E-state index contributed by atoms with van der Waals surface area (Å²) in [5.41, 5.74) is 2.08. The molecular weight excluding hydrogens is 230 g/mol. The molecule has 3 aromatic carbocycles. The van der Waals surface area contributed by atoms with Gasteiger partial charge in [0.1, 0.15) is 0 Å². The maximum Gasteiger partial charge on any atom is 0.0786 e. The zero-order valence-corrected chi connectivity index (χ0v) is 10.4. The number of hydrogen-bond acceptors (Lipinski definition) is 1. The molecule has 1 heteroatoms. The Bertz CT molecular complexity index is 908. The van der Waals surface area contributed by atoms with Gasteiger partial charge in [0.15, 0.2) is 0 Å². The third kappa shape index (κ3) is 1.45. The Balaban J connectivity index is 2.35. The standard InChI is InChI=1S/C18H13N/c1-12-8-9-14-13-5-2-3-6-15(13)18-16(17(14)11-12)7-4-10-19-18/h2-11H,1H3/i1D. The van der Waals surface area contributed by atoms with Crippen LogP contribution in [0.2, 0.25) is 0 Å². The van der Waals surface area contributed by atoms with Gasteiger partial charge in [-0.05, 0) is 29.1 Å². The molecule has 4 rings (SSSR count). The zero-order valence-electron chi connectivity index (χ0n) is 11.4. The van der Waals surface area contributed by atoms with Crippen molar-refractivity contribution in [3.63, 3.8) is 0 Å². The van der Waals surface area contributed by atoms with E-state index in [1.165, 1.54) is 21.5 Å². The molecule has 0 fully saturated rings. The van der Waals surface area contributed by atoms with Crippen molar-refractivity contribution >= 4 is 32.4 Å². The first-order chi connectivity index (χ1) is 9.88. The largest absolute Gasteiger partial charge is 0.256 e. The summed E-state index contributed by atoms with van der Waals surface area (Å²) in [6, 6.07) is 18.8. The molecule has 0 atom stereocenters. The van der Waals surface area contributed by atoms with Gasteiger partial charge >= 0.3 is 0 Å². The fourth-order valence-corrected chi connectivity index (χ4v) is 2.81. The molecule has 4 aromatic rings. The quantitative estimate of drug-likeness (QED) is 0.403. The van der Waals surface area contributed by atoms with Crippen LogP contribution in [-0.4, -0.2) is 4.98 Å². The second-order valence-corrected chi connectivity index (χ2v) is 4.83. The number of rotatable bonds is 0. The van der Waals surface area contributed by atoms with Gasteiger partial charge in [0.05, 0.1) is 5.52 Å². The Morgan fingerprint density at radius 2 is 1.53 bits per heavy atom. The lowest BCUT2D eigenvalue weighted by atomic mass is 9.96. The summed E-state index contributed by atoms with van der Waals surface area (Å²) < 4.78 is 7.57. The fourth-order valence-electron chi connectivity index (χ4n) is 2.81. The molecule has 0 saturated carbocycles. The number of nitrogens with zero attached hydrogens (tertiary/aromatic N) is 1. The topological polar surface area (TPSA) is 12.9 Å². The number of aromatic nitrogens is 1. The van der Waals surface area contributed by atoms with Crippen LogP contribution < -0.4 is 0 Å². The predicted octanol–water partition coefficient (Wildman–Crippen LogP) is 4.85. The van der Waals surface area contributed by atoms with E-state index in [0.717, 1.165) is 16.5 Å². The van der Waals surface area contributed by atoms with Gasteiger partial charge in [0.25, 0.3) is 0 Å². The van der Waals surface area contributed by atoms with E-state index < -0.39 is 0 Å². The van der Waals surface area contributed by atoms with E-state index in [2.05, 4.69) is 47.4 Å². The average Bonchev–Trinajstić information content (AvgIpc) is 2.54. The van der Waals surface area contributed by atoms with Crippen LogP contribution in [0.1, 0.15) is 6.93 Å². The summed E-state index contributed by atoms with van der Waals surface area (Å²) in [5, 5.41) is 6.01. The van der Waals surface area contributed by atoms with Crippen molar-refractivity contribution in [3.05, 3.63) is 66.4 Å². The van der Waals surface area contributed by atoms with E-state index in [9.17, 15) is 0 Å². The molecule has 1 aromatic heterocycles. The van der Waals surface area contributed by atoms with Crippen LogP contribution in [0.3, 0.4) is 0 Å². The molecule has 0 N–H and O–H groups in total. The Kier molecular flexibility index (Phi) is 1.90. The fraction of sp³-hybridized carbons (Fsp3) is 0.0556. The van der Waals surface area contributed by atoms with Gasteiger partial charge in [-0.2, -0.15) is 0 Å². The van der Waals surface area contributed by atoms with Gasteiger partial charge in [0, 0.05) is 18.3 Å². The van der Waals surface area contributed by atoms with E-state index in [0.29, 0.717) is 6.90 Å². The molecule has 0 saturated heterocycles. The first-order valence-electron chi connectivity index (χ1n) is 7.06. The Hall–Kier alpha value is -2.41. The van der Waals surface area contributed by atoms with Gasteiger partial charge in [-0.25, -0.2) is 0 Å². The first-order valence-corrected chi connectivity index (χ1v) is 6.36. The van der Waals surface area contributed by atoms with Crippen LogP contribution in [0.5, 0.6) is 0 Å². The Morgan fingerprint density at radius 1 is 0.789 bits per heavy atom. The van der Waals surface area contributed by atoms with E-state index in [1.807, 2.05) is 18.3 Å². The molecule has 90 valence electrons. The molecule has 1 nitrogen and oxygen atoms in total. The van der Waals surface area contributed by atoms with Crippen molar-refractivity contribution < 1.29 is 1.37 Å². The highest BCUT2D eigenvalue weighted by atomic mass is 14.6. The number of fused-ring (bicyclic) bond motifs is 6. The van der Waals surface area contributed by atoms with Gasteiger partial charge in [-0.3, -0.25) is 4.98 Å². The highest BCUT2D eigenvalue weighted by Gasteiger charge is 2.08. The van der Waals surface area contributed by atoms with Crippen LogP contribution in [-0.2, 0) is 0 Å². The van der Waals surface area contributed by atoms with Crippen molar-refractivity contribution in [2.45, 2.75) is 6.90 Å². The predicted molar refractivity (Wildman–Crippen MR) is 81.5 cm³/mol. The summed E-state index contributed by atoms with van der Waals surface area (Å²) in [4.78, 5) is 4.57. The molecule has 19 heavy (non-hydrogen) atoms.